The van der Waals surface area contributed by atoms with E-state index >= 15 is 4.39 Å². The molecule has 2 aliphatic heterocycles. The normalized spacial score (nSPS) is 28.2. The van der Waals surface area contributed by atoms with Crippen molar-refractivity contribution in [2.75, 3.05) is 0 Å². The number of halogens is 2. The van der Waals surface area contributed by atoms with Crippen molar-refractivity contribution in [3.05, 3.63) is 47.3 Å². The van der Waals surface area contributed by atoms with Crippen molar-refractivity contribution in [3.8, 4) is 11.4 Å². The minimum absolute atomic E-state index is 0.00460. The van der Waals surface area contributed by atoms with Crippen LogP contribution < -0.4 is 5.73 Å². The van der Waals surface area contributed by atoms with Gasteiger partial charge in [0.1, 0.15) is 5.82 Å². The summed E-state index contributed by atoms with van der Waals surface area (Å²) in [5.41, 5.74) is 4.93. The van der Waals surface area contributed by atoms with E-state index in [1.807, 2.05) is 6.92 Å². The van der Waals surface area contributed by atoms with Crippen LogP contribution in [0.15, 0.2) is 24.5 Å². The second-order valence-electron chi connectivity index (χ2n) is 9.15. The fourth-order valence-corrected chi connectivity index (χ4v) is 5.75. The summed E-state index contributed by atoms with van der Waals surface area (Å²) in [4.78, 5) is 21.9. The molecule has 30 heavy (non-hydrogen) atoms. The number of aromatic nitrogens is 2. The predicted octanol–water partition coefficient (Wildman–Crippen LogP) is 3.52. The Kier molecular flexibility index (Phi) is 4.61. The molecule has 6 nitrogen and oxygen atoms in total. The van der Waals surface area contributed by atoms with Crippen LogP contribution in [-0.4, -0.2) is 43.2 Å². The monoisotopic (exact) mass is 416 g/mol. The van der Waals surface area contributed by atoms with Gasteiger partial charge in [-0.3, -0.25) is 0 Å². The maximum Gasteiger partial charge on any atom is 0.315 e. The van der Waals surface area contributed by atoms with Gasteiger partial charge < -0.3 is 15.7 Å². The predicted molar refractivity (Wildman–Crippen MR) is 107 cm³/mol. The molecule has 2 bridgehead atoms. The number of rotatable bonds is 3. The lowest BCUT2D eigenvalue weighted by molar-refractivity contribution is -0.204. The highest BCUT2D eigenvalue weighted by atomic mass is 19.1. The molecule has 5 rings (SSSR count). The topological polar surface area (TPSA) is 92.3 Å². The van der Waals surface area contributed by atoms with Crippen LogP contribution in [0.25, 0.3) is 11.4 Å². The number of primary amides is 1. The second kappa shape index (κ2) is 6.70. The first-order valence-electron chi connectivity index (χ1n) is 10.1. The number of hydrogen-bond acceptors (Lipinski definition) is 4. The Labute approximate surface area is 174 Å². The number of nitrogens with two attached hydrogens (primary N) is 1. The summed E-state index contributed by atoms with van der Waals surface area (Å²) in [6, 6.07) is 2.40. The van der Waals surface area contributed by atoms with E-state index in [-0.39, 0.29) is 17.8 Å². The zero-order chi connectivity index (χ0) is 22.0. The van der Waals surface area contributed by atoms with Crippen LogP contribution in [0, 0.1) is 24.5 Å². The maximum absolute atomic E-state index is 15.3. The van der Waals surface area contributed by atoms with Crippen molar-refractivity contribution < 1.29 is 18.7 Å². The van der Waals surface area contributed by atoms with Gasteiger partial charge in [-0.2, -0.15) is 0 Å². The van der Waals surface area contributed by atoms with E-state index in [4.69, 9.17) is 5.73 Å². The first kappa shape index (κ1) is 20.7. The second-order valence-corrected chi connectivity index (χ2v) is 9.15. The van der Waals surface area contributed by atoms with Gasteiger partial charge in [-0.25, -0.2) is 23.5 Å². The van der Waals surface area contributed by atoms with E-state index in [0.717, 1.165) is 12.4 Å². The molecule has 0 radical (unpaired) electrons. The minimum Gasteiger partial charge on any atom is -0.388 e. The molecule has 3 fully saturated rings. The van der Waals surface area contributed by atoms with Gasteiger partial charge in [-0.05, 0) is 62.8 Å². The minimum atomic E-state index is -1.30. The van der Waals surface area contributed by atoms with Crippen LogP contribution in [0.2, 0.25) is 0 Å². The zero-order valence-electron chi connectivity index (χ0n) is 17.5. The van der Waals surface area contributed by atoms with Crippen molar-refractivity contribution >= 4 is 6.03 Å². The van der Waals surface area contributed by atoms with Crippen LogP contribution >= 0.6 is 0 Å². The molecule has 8 heteroatoms. The summed E-state index contributed by atoms with van der Waals surface area (Å²) in [5.74, 6) is -1.17. The summed E-state index contributed by atoms with van der Waals surface area (Å²) < 4.78 is 28.6. The van der Waals surface area contributed by atoms with Crippen LogP contribution in [-0.2, 0) is 0 Å². The lowest BCUT2D eigenvalue weighted by Crippen LogP contribution is -2.82. The Morgan fingerprint density at radius 3 is 2.50 bits per heavy atom. The van der Waals surface area contributed by atoms with E-state index in [1.165, 1.54) is 11.0 Å². The SMILES string of the molecule is Cc1cc(F)c(C2C(C)CC3CC2(C(C)(C)O)N3C(N)=O)cc1-c1ncc(F)cn1. The number of carbonyl (C=O) groups is 1. The molecule has 160 valence electrons. The molecule has 2 saturated heterocycles. The van der Waals surface area contributed by atoms with Crippen LogP contribution in [0.5, 0.6) is 0 Å². The number of amides is 2. The molecule has 1 aromatic carbocycles. The van der Waals surface area contributed by atoms with Gasteiger partial charge in [0, 0.05) is 17.5 Å². The molecule has 3 N–H and O–H groups in total. The molecule has 1 aromatic heterocycles. The summed E-state index contributed by atoms with van der Waals surface area (Å²) in [6.07, 6.45) is 3.35. The van der Waals surface area contributed by atoms with Gasteiger partial charge in [-0.15, -0.1) is 0 Å². The number of aryl methyl sites for hydroxylation is 1. The Hall–Kier alpha value is -2.61. The van der Waals surface area contributed by atoms with Gasteiger partial charge in [0.25, 0.3) is 0 Å². The number of fused-ring (bicyclic) bond motifs is 2. The summed E-state index contributed by atoms with van der Waals surface area (Å²) >= 11 is 0. The number of urea groups is 1. The quantitative estimate of drug-likeness (QED) is 0.801. The van der Waals surface area contributed by atoms with Gasteiger partial charge in [0.2, 0.25) is 0 Å². The standard InChI is InChI=1S/C22H26F2N4O2/c1-11-6-17(24)16(7-15(11)19-26-9-13(23)10-27-19)18-12(2)5-14-8-22(18,21(3,4)30)28(14)20(25)29/h6-7,9-10,12,14,18,30H,5,8H2,1-4H3,(H2,25,29). The largest absolute Gasteiger partial charge is 0.388 e. The number of benzene rings is 1. The highest BCUT2D eigenvalue weighted by Crippen LogP contribution is 2.61. The fourth-order valence-electron chi connectivity index (χ4n) is 5.75. The average molecular weight is 416 g/mol. The van der Waals surface area contributed by atoms with E-state index in [2.05, 4.69) is 9.97 Å². The lowest BCUT2D eigenvalue weighted by atomic mass is 9.50. The highest BCUT2D eigenvalue weighted by molar-refractivity contribution is 5.76. The third-order valence-electron chi connectivity index (χ3n) is 6.91. The Balaban J connectivity index is 1.90. The van der Waals surface area contributed by atoms with Crippen molar-refractivity contribution in [1.29, 1.82) is 0 Å². The molecule has 4 unspecified atom stereocenters. The molecule has 0 spiro atoms. The summed E-state index contributed by atoms with van der Waals surface area (Å²) in [5, 5.41) is 11.1. The Bertz CT molecular complexity index is 1010. The molecular formula is C22H26F2N4O2. The number of piperidine rings is 1. The molecule has 2 amide bonds. The van der Waals surface area contributed by atoms with E-state index < -0.39 is 34.7 Å². The van der Waals surface area contributed by atoms with Gasteiger partial charge in [0.05, 0.1) is 23.5 Å². The van der Waals surface area contributed by atoms with Crippen molar-refractivity contribution in [2.45, 2.75) is 63.6 Å². The molecule has 1 saturated carbocycles. The van der Waals surface area contributed by atoms with Gasteiger partial charge in [-0.1, -0.05) is 6.92 Å². The third kappa shape index (κ3) is 2.80. The van der Waals surface area contributed by atoms with Gasteiger partial charge in [0.15, 0.2) is 11.6 Å². The summed E-state index contributed by atoms with van der Waals surface area (Å²) in [6.45, 7) is 7.02. The Morgan fingerprint density at radius 1 is 1.30 bits per heavy atom. The smallest absolute Gasteiger partial charge is 0.315 e. The van der Waals surface area contributed by atoms with E-state index in [1.54, 1.807) is 26.8 Å². The number of hydrogen-bond donors (Lipinski definition) is 2. The number of nitrogens with zero attached hydrogens (tertiary/aromatic N) is 3. The summed E-state index contributed by atoms with van der Waals surface area (Å²) in [7, 11) is 0. The van der Waals surface area contributed by atoms with Crippen LogP contribution in [0.4, 0.5) is 13.6 Å². The fraction of sp³-hybridized carbons (Fsp3) is 0.500. The molecule has 2 aromatic rings. The van der Waals surface area contributed by atoms with E-state index in [9.17, 15) is 14.3 Å². The lowest BCUT2D eigenvalue weighted by Gasteiger charge is -2.70. The molecule has 3 heterocycles. The zero-order valence-corrected chi connectivity index (χ0v) is 17.5. The average Bonchev–Trinajstić information content (AvgIpc) is 2.61. The number of carbonyl (C=O) groups excluding carboxylic acids is 1. The molecule has 3 aliphatic rings. The van der Waals surface area contributed by atoms with Gasteiger partial charge >= 0.3 is 6.03 Å². The first-order valence-corrected chi connectivity index (χ1v) is 10.1. The van der Waals surface area contributed by atoms with Crippen molar-refractivity contribution in [3.63, 3.8) is 0 Å². The third-order valence-corrected chi connectivity index (χ3v) is 6.91. The van der Waals surface area contributed by atoms with Crippen LogP contribution in [0.1, 0.15) is 50.7 Å². The van der Waals surface area contributed by atoms with Crippen molar-refractivity contribution in [1.82, 2.24) is 14.9 Å². The molecule has 4 atom stereocenters. The highest BCUT2D eigenvalue weighted by Gasteiger charge is 2.69. The Morgan fingerprint density at radius 2 is 1.93 bits per heavy atom. The molecule has 1 aliphatic carbocycles. The van der Waals surface area contributed by atoms with Crippen LogP contribution in [0.3, 0.4) is 0 Å². The molecular weight excluding hydrogens is 390 g/mol. The first-order chi connectivity index (χ1) is 14.0. The maximum atomic E-state index is 15.3. The van der Waals surface area contributed by atoms with E-state index in [0.29, 0.717) is 29.5 Å². The van der Waals surface area contributed by atoms with Crippen molar-refractivity contribution in [2.24, 2.45) is 11.7 Å². The number of aliphatic hydroxyl groups is 1.